The summed E-state index contributed by atoms with van der Waals surface area (Å²) in [6.07, 6.45) is -0.515. The molecule has 1 aromatic rings. The fourth-order valence-corrected chi connectivity index (χ4v) is 2.07. The number of rotatable bonds is 6. The van der Waals surface area contributed by atoms with Crippen LogP contribution in [0.25, 0.3) is 6.08 Å². The van der Waals surface area contributed by atoms with Gasteiger partial charge in [-0.1, -0.05) is 0 Å². The molecular formula is C12H17NO4S. The van der Waals surface area contributed by atoms with E-state index in [0.717, 1.165) is 10.7 Å². The van der Waals surface area contributed by atoms with Crippen molar-refractivity contribution in [3.63, 3.8) is 0 Å². The summed E-state index contributed by atoms with van der Waals surface area (Å²) in [6.45, 7) is 3.62. The molecule has 100 valence electrons. The Balaban J connectivity index is 2.58. The van der Waals surface area contributed by atoms with Crippen LogP contribution in [0.3, 0.4) is 0 Å². The highest BCUT2D eigenvalue weighted by molar-refractivity contribution is 7.09. The van der Waals surface area contributed by atoms with E-state index in [1.165, 1.54) is 11.3 Å². The molecule has 2 unspecified atom stereocenters. The number of aliphatic hydroxyl groups is 2. The number of aliphatic carboxylic acids is 1. The minimum absolute atomic E-state index is 0.0117. The first kappa shape index (κ1) is 14.8. The number of aryl methyl sites for hydroxylation is 1. The van der Waals surface area contributed by atoms with E-state index in [1.807, 2.05) is 12.3 Å². The van der Waals surface area contributed by atoms with Crippen LogP contribution in [0.4, 0.5) is 0 Å². The van der Waals surface area contributed by atoms with Crippen LogP contribution in [0.5, 0.6) is 0 Å². The summed E-state index contributed by atoms with van der Waals surface area (Å²) < 4.78 is 0. The van der Waals surface area contributed by atoms with Gasteiger partial charge in [-0.25, -0.2) is 4.98 Å². The van der Waals surface area contributed by atoms with Crippen LogP contribution >= 0.6 is 11.3 Å². The highest BCUT2D eigenvalue weighted by Gasteiger charge is 2.16. The van der Waals surface area contributed by atoms with Crippen molar-refractivity contribution in [2.75, 3.05) is 0 Å². The summed E-state index contributed by atoms with van der Waals surface area (Å²) >= 11 is 1.52. The zero-order valence-electron chi connectivity index (χ0n) is 10.3. The highest BCUT2D eigenvalue weighted by Crippen LogP contribution is 2.16. The molecule has 0 radical (unpaired) electrons. The zero-order valence-corrected chi connectivity index (χ0v) is 11.1. The molecule has 1 heterocycles. The third kappa shape index (κ3) is 4.95. The maximum absolute atomic E-state index is 10.4. The molecule has 0 amide bonds. The number of hydrogen-bond donors (Lipinski definition) is 3. The summed E-state index contributed by atoms with van der Waals surface area (Å²) in [5.41, 5.74) is 1.42. The molecule has 1 aromatic heterocycles. The highest BCUT2D eigenvalue weighted by atomic mass is 32.1. The fourth-order valence-electron chi connectivity index (χ4n) is 1.50. The van der Waals surface area contributed by atoms with Crippen LogP contribution in [0.1, 0.15) is 30.5 Å². The molecule has 5 nitrogen and oxygen atoms in total. The minimum Gasteiger partial charge on any atom is -0.481 e. The van der Waals surface area contributed by atoms with Gasteiger partial charge in [0.1, 0.15) is 0 Å². The van der Waals surface area contributed by atoms with E-state index in [2.05, 4.69) is 4.98 Å². The van der Waals surface area contributed by atoms with Crippen molar-refractivity contribution >= 4 is 23.4 Å². The van der Waals surface area contributed by atoms with Crippen LogP contribution in [-0.4, -0.2) is 38.5 Å². The Morgan fingerprint density at radius 2 is 2.22 bits per heavy atom. The van der Waals surface area contributed by atoms with Crippen molar-refractivity contribution in [1.82, 2.24) is 4.98 Å². The fraction of sp³-hybridized carbons (Fsp3) is 0.500. The smallest absolute Gasteiger partial charge is 0.305 e. The van der Waals surface area contributed by atoms with Crippen LogP contribution in [0.2, 0.25) is 0 Å². The second-order valence-electron chi connectivity index (χ2n) is 4.18. The largest absolute Gasteiger partial charge is 0.481 e. The van der Waals surface area contributed by atoms with Gasteiger partial charge in [-0.3, -0.25) is 4.79 Å². The molecule has 0 fully saturated rings. The second kappa shape index (κ2) is 6.63. The lowest BCUT2D eigenvalue weighted by Gasteiger charge is -2.14. The summed E-state index contributed by atoms with van der Waals surface area (Å²) in [5.74, 6) is -1.08. The molecule has 0 saturated carbocycles. The van der Waals surface area contributed by atoms with Gasteiger partial charge in [0.2, 0.25) is 0 Å². The summed E-state index contributed by atoms with van der Waals surface area (Å²) in [6, 6.07) is 0. The summed E-state index contributed by atoms with van der Waals surface area (Å²) in [7, 11) is 0. The lowest BCUT2D eigenvalue weighted by molar-refractivity contribution is -0.139. The predicted octanol–water partition coefficient (Wildman–Crippen LogP) is 1.44. The van der Waals surface area contributed by atoms with Gasteiger partial charge in [-0.05, 0) is 25.5 Å². The average Bonchev–Trinajstić information content (AvgIpc) is 2.62. The van der Waals surface area contributed by atoms with Crippen LogP contribution in [0.15, 0.2) is 11.0 Å². The normalized spacial score (nSPS) is 15.4. The van der Waals surface area contributed by atoms with Gasteiger partial charge < -0.3 is 15.3 Å². The number of carboxylic acids is 1. The Morgan fingerprint density at radius 1 is 1.56 bits per heavy atom. The number of aliphatic hydroxyl groups excluding tert-OH is 2. The van der Waals surface area contributed by atoms with Crippen molar-refractivity contribution in [1.29, 1.82) is 0 Å². The molecule has 0 bridgehead atoms. The summed E-state index contributed by atoms with van der Waals surface area (Å²) in [4.78, 5) is 14.6. The Hall–Kier alpha value is -1.24. The first-order valence-electron chi connectivity index (χ1n) is 5.56. The number of thiazole rings is 1. The predicted molar refractivity (Wildman–Crippen MR) is 69.4 cm³/mol. The molecule has 0 aliphatic rings. The Labute approximate surface area is 109 Å². The monoisotopic (exact) mass is 271 g/mol. The molecule has 0 saturated heterocycles. The average molecular weight is 271 g/mol. The van der Waals surface area contributed by atoms with Gasteiger partial charge in [0.05, 0.1) is 29.3 Å². The lowest BCUT2D eigenvalue weighted by atomic mass is 10.0. The lowest BCUT2D eigenvalue weighted by Crippen LogP contribution is -2.21. The van der Waals surface area contributed by atoms with Gasteiger partial charge in [0.25, 0.3) is 0 Å². The van der Waals surface area contributed by atoms with Gasteiger partial charge >= 0.3 is 5.97 Å². The van der Waals surface area contributed by atoms with Crippen LogP contribution in [0, 0.1) is 6.92 Å². The van der Waals surface area contributed by atoms with Crippen molar-refractivity contribution in [3.8, 4) is 0 Å². The first-order valence-corrected chi connectivity index (χ1v) is 6.44. The Morgan fingerprint density at radius 3 is 2.72 bits per heavy atom. The van der Waals surface area contributed by atoms with E-state index in [4.69, 9.17) is 5.11 Å². The van der Waals surface area contributed by atoms with E-state index in [-0.39, 0.29) is 12.8 Å². The first-order chi connectivity index (χ1) is 8.38. The molecule has 18 heavy (non-hydrogen) atoms. The quantitative estimate of drug-likeness (QED) is 0.728. The molecule has 2 atom stereocenters. The van der Waals surface area contributed by atoms with E-state index in [1.54, 1.807) is 13.0 Å². The van der Waals surface area contributed by atoms with Gasteiger partial charge in [-0.15, -0.1) is 11.3 Å². The van der Waals surface area contributed by atoms with E-state index < -0.39 is 18.2 Å². The number of carboxylic acid groups (broad SMARTS) is 1. The number of nitrogens with zero attached hydrogens (tertiary/aromatic N) is 1. The van der Waals surface area contributed by atoms with Crippen molar-refractivity contribution < 1.29 is 20.1 Å². The molecule has 3 N–H and O–H groups in total. The standard InChI is InChI=1S/C12H17NO4S/c1-7(3-9-6-18-8(2)13-9)11(15)4-10(14)5-12(16)17/h3,6,10-11,14-15H,4-5H2,1-2H3,(H,16,17)/b7-3+. The number of aromatic nitrogens is 1. The maximum Gasteiger partial charge on any atom is 0.305 e. The molecule has 6 heteroatoms. The molecule has 0 spiro atoms. The third-order valence-corrected chi connectivity index (χ3v) is 3.24. The third-order valence-electron chi connectivity index (χ3n) is 2.44. The maximum atomic E-state index is 10.4. The SMILES string of the molecule is C/C(=C\c1csc(C)n1)C(O)CC(O)CC(=O)O. The Kier molecular flexibility index (Phi) is 5.46. The molecular weight excluding hydrogens is 254 g/mol. The van der Waals surface area contributed by atoms with Gasteiger partial charge in [-0.2, -0.15) is 0 Å². The van der Waals surface area contributed by atoms with Crippen molar-refractivity contribution in [2.24, 2.45) is 0 Å². The van der Waals surface area contributed by atoms with Crippen LogP contribution in [-0.2, 0) is 4.79 Å². The number of hydrogen-bond acceptors (Lipinski definition) is 5. The molecule has 1 rings (SSSR count). The number of carbonyl (C=O) groups is 1. The van der Waals surface area contributed by atoms with E-state index in [9.17, 15) is 15.0 Å². The second-order valence-corrected chi connectivity index (χ2v) is 5.25. The van der Waals surface area contributed by atoms with E-state index >= 15 is 0 Å². The van der Waals surface area contributed by atoms with Crippen molar-refractivity contribution in [3.05, 3.63) is 21.7 Å². The zero-order chi connectivity index (χ0) is 13.7. The molecule has 0 aliphatic heterocycles. The summed E-state index contributed by atoms with van der Waals surface area (Å²) in [5, 5.41) is 30.6. The minimum atomic E-state index is -1.08. The topological polar surface area (TPSA) is 90.7 Å². The van der Waals surface area contributed by atoms with Gasteiger partial charge in [0, 0.05) is 11.8 Å². The van der Waals surface area contributed by atoms with Crippen LogP contribution < -0.4 is 0 Å². The van der Waals surface area contributed by atoms with Gasteiger partial charge in [0.15, 0.2) is 0 Å². The van der Waals surface area contributed by atoms with E-state index in [0.29, 0.717) is 5.57 Å². The molecule has 0 aliphatic carbocycles. The molecule has 0 aromatic carbocycles. The Bertz CT molecular complexity index is 441. The van der Waals surface area contributed by atoms with Crippen molar-refractivity contribution in [2.45, 2.75) is 38.9 Å².